The van der Waals surface area contributed by atoms with Gasteiger partial charge < -0.3 is 0 Å². The summed E-state index contributed by atoms with van der Waals surface area (Å²) >= 11 is 0. The van der Waals surface area contributed by atoms with Gasteiger partial charge in [-0.25, -0.2) is 0 Å². The summed E-state index contributed by atoms with van der Waals surface area (Å²) < 4.78 is 0. The van der Waals surface area contributed by atoms with Gasteiger partial charge in [0.15, 0.2) is 0 Å². The van der Waals surface area contributed by atoms with Crippen molar-refractivity contribution in [2.75, 3.05) is 0 Å². The van der Waals surface area contributed by atoms with Gasteiger partial charge >= 0.3 is 0 Å². The topological polar surface area (TPSA) is 0 Å². The summed E-state index contributed by atoms with van der Waals surface area (Å²) in [7, 11) is 0. The third kappa shape index (κ3) is 2.21. The molecule has 0 aromatic rings. The van der Waals surface area contributed by atoms with E-state index in [0.29, 0.717) is 0 Å². The van der Waals surface area contributed by atoms with Crippen molar-refractivity contribution in [1.29, 1.82) is 0 Å². The molecule has 9 heavy (non-hydrogen) atoms. The van der Waals surface area contributed by atoms with Crippen molar-refractivity contribution in [3.05, 3.63) is 11.6 Å². The van der Waals surface area contributed by atoms with Gasteiger partial charge in [0.25, 0.3) is 0 Å². The van der Waals surface area contributed by atoms with Gasteiger partial charge in [-0.2, -0.15) is 0 Å². The summed E-state index contributed by atoms with van der Waals surface area (Å²) in [6.45, 7) is 4.59. The van der Waals surface area contributed by atoms with Gasteiger partial charge in [0.05, 0.1) is 0 Å². The molecular weight excluding hydrogens is 108 g/mol. The number of hydrogen-bond acceptors (Lipinski definition) is 0. The van der Waals surface area contributed by atoms with Crippen LogP contribution in [-0.4, -0.2) is 0 Å². The third-order valence-corrected chi connectivity index (χ3v) is 2.14. The molecule has 0 aliphatic heterocycles. The molecule has 1 unspecified atom stereocenters. The Morgan fingerprint density at radius 2 is 2.33 bits per heavy atom. The van der Waals surface area contributed by atoms with E-state index in [9.17, 15) is 0 Å². The van der Waals surface area contributed by atoms with Gasteiger partial charge in [0.1, 0.15) is 0 Å². The van der Waals surface area contributed by atoms with Crippen LogP contribution >= 0.6 is 0 Å². The summed E-state index contributed by atoms with van der Waals surface area (Å²) in [5, 5.41) is 0. The molecule has 0 heterocycles. The van der Waals surface area contributed by atoms with Crippen LogP contribution in [0.15, 0.2) is 11.6 Å². The smallest absolute Gasteiger partial charge is 0.0322 e. The zero-order valence-electron chi connectivity index (χ0n) is 6.48. The van der Waals surface area contributed by atoms with Crippen molar-refractivity contribution in [3.8, 4) is 0 Å². The maximum atomic E-state index is 2.40. The van der Waals surface area contributed by atoms with Gasteiger partial charge in [0.2, 0.25) is 0 Å². The van der Waals surface area contributed by atoms with E-state index in [1.54, 1.807) is 5.57 Å². The van der Waals surface area contributed by atoms with Crippen LogP contribution in [0, 0.1) is 5.92 Å². The minimum atomic E-state index is 0.933. The molecule has 0 saturated heterocycles. The summed E-state index contributed by atoms with van der Waals surface area (Å²) in [5.41, 5.74) is 1.60. The average molecular weight is 124 g/mol. The highest BCUT2D eigenvalue weighted by Crippen LogP contribution is 2.20. The molecule has 0 heteroatoms. The quantitative estimate of drug-likeness (QED) is 0.435. The minimum Gasteiger partial charge on any atom is -0.0853 e. The first kappa shape index (κ1) is 6.85. The lowest BCUT2D eigenvalue weighted by Crippen LogP contribution is -1.88. The monoisotopic (exact) mass is 124 g/mol. The van der Waals surface area contributed by atoms with Crippen LogP contribution in [0.2, 0.25) is 0 Å². The summed E-state index contributed by atoms with van der Waals surface area (Å²) in [6.07, 6.45) is 7.88. The van der Waals surface area contributed by atoms with E-state index in [1.165, 1.54) is 25.7 Å². The Balaban J connectivity index is 2.42. The molecule has 0 fully saturated rings. The SMILES string of the molecule is CC1=CCC(C)CCC1. The van der Waals surface area contributed by atoms with Crippen molar-refractivity contribution in [2.45, 2.75) is 39.5 Å². The molecule has 1 aliphatic rings. The Hall–Kier alpha value is -0.260. The van der Waals surface area contributed by atoms with E-state index in [1.807, 2.05) is 0 Å². The number of rotatable bonds is 0. The van der Waals surface area contributed by atoms with Crippen LogP contribution in [0.3, 0.4) is 0 Å². The molecule has 1 aliphatic carbocycles. The minimum absolute atomic E-state index is 0.933. The van der Waals surface area contributed by atoms with Gasteiger partial charge in [-0.1, -0.05) is 25.0 Å². The highest BCUT2D eigenvalue weighted by molar-refractivity contribution is 5.00. The van der Waals surface area contributed by atoms with E-state index >= 15 is 0 Å². The lowest BCUT2D eigenvalue weighted by Gasteiger charge is -2.01. The Labute approximate surface area is 58.0 Å². The van der Waals surface area contributed by atoms with E-state index in [-0.39, 0.29) is 0 Å². The molecule has 0 aromatic heterocycles. The summed E-state index contributed by atoms with van der Waals surface area (Å²) in [4.78, 5) is 0. The van der Waals surface area contributed by atoms with Crippen LogP contribution in [-0.2, 0) is 0 Å². The third-order valence-electron chi connectivity index (χ3n) is 2.14. The number of hydrogen-bond donors (Lipinski definition) is 0. The second kappa shape index (κ2) is 3.05. The predicted octanol–water partition coefficient (Wildman–Crippen LogP) is 3.14. The summed E-state index contributed by atoms with van der Waals surface area (Å²) in [6, 6.07) is 0. The molecule has 0 N–H and O–H groups in total. The molecule has 0 spiro atoms. The molecular formula is C9H16. The van der Waals surface area contributed by atoms with Crippen LogP contribution < -0.4 is 0 Å². The Bertz CT molecular complexity index is 111. The first-order valence-electron chi connectivity index (χ1n) is 3.94. The van der Waals surface area contributed by atoms with Crippen molar-refractivity contribution in [2.24, 2.45) is 5.92 Å². The fraction of sp³-hybridized carbons (Fsp3) is 0.778. The van der Waals surface area contributed by atoms with Crippen LogP contribution in [0.4, 0.5) is 0 Å². The maximum absolute atomic E-state index is 2.40. The molecule has 1 atom stereocenters. The van der Waals surface area contributed by atoms with Gasteiger partial charge in [-0.3, -0.25) is 0 Å². The van der Waals surface area contributed by atoms with Gasteiger partial charge in [-0.05, 0) is 32.1 Å². The molecule has 0 bridgehead atoms. The molecule has 0 nitrogen and oxygen atoms in total. The van der Waals surface area contributed by atoms with Crippen LogP contribution in [0.1, 0.15) is 39.5 Å². The highest BCUT2D eigenvalue weighted by atomic mass is 14.1. The second-order valence-electron chi connectivity index (χ2n) is 3.28. The van der Waals surface area contributed by atoms with Crippen molar-refractivity contribution in [3.63, 3.8) is 0 Å². The van der Waals surface area contributed by atoms with E-state index in [4.69, 9.17) is 0 Å². The summed E-state index contributed by atoms with van der Waals surface area (Å²) in [5.74, 6) is 0.933. The molecule has 0 saturated carbocycles. The fourth-order valence-electron chi connectivity index (χ4n) is 1.35. The molecule has 0 amide bonds. The molecule has 52 valence electrons. The molecule has 0 aromatic carbocycles. The Morgan fingerprint density at radius 3 is 3.11 bits per heavy atom. The zero-order chi connectivity index (χ0) is 6.69. The van der Waals surface area contributed by atoms with Crippen LogP contribution in [0.25, 0.3) is 0 Å². The Kier molecular flexibility index (Phi) is 2.32. The first-order valence-corrected chi connectivity index (χ1v) is 3.94. The standard InChI is InChI=1S/C9H16/c1-8-4-3-5-9(2)7-6-8/h6,9H,3-5,7H2,1-2H3. The van der Waals surface area contributed by atoms with E-state index < -0.39 is 0 Å². The lowest BCUT2D eigenvalue weighted by molar-refractivity contribution is 0.531. The van der Waals surface area contributed by atoms with E-state index in [2.05, 4.69) is 19.9 Å². The molecule has 0 radical (unpaired) electrons. The zero-order valence-corrected chi connectivity index (χ0v) is 6.48. The Morgan fingerprint density at radius 1 is 1.56 bits per heavy atom. The number of allylic oxidation sites excluding steroid dienone is 2. The normalized spacial score (nSPS) is 29.1. The predicted molar refractivity (Wildman–Crippen MR) is 41.4 cm³/mol. The van der Waals surface area contributed by atoms with Crippen molar-refractivity contribution in [1.82, 2.24) is 0 Å². The van der Waals surface area contributed by atoms with Crippen molar-refractivity contribution < 1.29 is 0 Å². The lowest BCUT2D eigenvalue weighted by atomic mass is 10.0. The average Bonchev–Trinajstić information content (AvgIpc) is 1.97. The van der Waals surface area contributed by atoms with Crippen LogP contribution in [0.5, 0.6) is 0 Å². The molecule has 1 rings (SSSR count). The van der Waals surface area contributed by atoms with Gasteiger partial charge in [0, 0.05) is 0 Å². The van der Waals surface area contributed by atoms with Gasteiger partial charge in [-0.15, -0.1) is 0 Å². The first-order chi connectivity index (χ1) is 4.29. The van der Waals surface area contributed by atoms with Crippen molar-refractivity contribution >= 4 is 0 Å². The maximum Gasteiger partial charge on any atom is -0.0322 e. The fourth-order valence-corrected chi connectivity index (χ4v) is 1.35. The largest absolute Gasteiger partial charge is 0.0853 e. The van der Waals surface area contributed by atoms with E-state index in [0.717, 1.165) is 5.92 Å². The highest BCUT2D eigenvalue weighted by Gasteiger charge is 2.04. The second-order valence-corrected chi connectivity index (χ2v) is 3.28.